The van der Waals surface area contributed by atoms with Gasteiger partial charge in [-0.2, -0.15) is 5.10 Å². The molecule has 2 heterocycles. The number of ether oxygens (including phenoxy) is 1. The van der Waals surface area contributed by atoms with Crippen LogP contribution in [-0.2, 0) is 7.05 Å². The normalized spacial score (nSPS) is 14.8. The molecule has 0 unspecified atom stereocenters. The van der Waals surface area contributed by atoms with Crippen LogP contribution in [0.4, 0.5) is 0 Å². The molecule has 1 saturated heterocycles. The molecule has 1 amide bonds. The van der Waals surface area contributed by atoms with Crippen molar-refractivity contribution in [1.29, 1.82) is 0 Å². The number of aromatic nitrogens is 3. The molecular formula is C22H24N4O3. The van der Waals surface area contributed by atoms with Crippen molar-refractivity contribution in [1.82, 2.24) is 19.2 Å². The number of amides is 1. The van der Waals surface area contributed by atoms with Gasteiger partial charge in [0.15, 0.2) is 0 Å². The highest BCUT2D eigenvalue weighted by Crippen LogP contribution is 2.28. The molecule has 0 N–H and O–H groups in total. The van der Waals surface area contributed by atoms with Gasteiger partial charge in [0.25, 0.3) is 5.91 Å². The molecular weight excluding hydrogens is 368 g/mol. The zero-order valence-corrected chi connectivity index (χ0v) is 16.6. The molecule has 150 valence electrons. The van der Waals surface area contributed by atoms with Crippen LogP contribution in [0.25, 0.3) is 5.69 Å². The van der Waals surface area contributed by atoms with Gasteiger partial charge in [0.1, 0.15) is 11.6 Å². The Morgan fingerprint density at radius 1 is 1.03 bits per heavy atom. The van der Waals surface area contributed by atoms with Crippen LogP contribution >= 0.6 is 0 Å². The molecule has 3 aromatic rings. The smallest absolute Gasteiger partial charge is 0.350 e. The van der Waals surface area contributed by atoms with E-state index < -0.39 is 0 Å². The van der Waals surface area contributed by atoms with Gasteiger partial charge >= 0.3 is 5.69 Å². The first-order valence-corrected chi connectivity index (χ1v) is 9.73. The summed E-state index contributed by atoms with van der Waals surface area (Å²) in [6.45, 7) is 1.27. The summed E-state index contributed by atoms with van der Waals surface area (Å²) in [6.07, 6.45) is 1.54. The Balaban J connectivity index is 1.51. The zero-order chi connectivity index (χ0) is 20.4. The summed E-state index contributed by atoms with van der Waals surface area (Å²) in [6, 6.07) is 16.7. The lowest BCUT2D eigenvalue weighted by molar-refractivity contribution is 0.0710. The van der Waals surface area contributed by atoms with Crippen molar-refractivity contribution in [3.63, 3.8) is 0 Å². The number of carbonyl (C=O) groups is 1. The number of methoxy groups -OCH3 is 1. The average Bonchev–Trinajstić information content (AvgIpc) is 3.08. The number of nitrogens with zero attached hydrogens (tertiary/aromatic N) is 4. The minimum Gasteiger partial charge on any atom is -0.497 e. The van der Waals surface area contributed by atoms with Crippen LogP contribution in [0.2, 0.25) is 0 Å². The van der Waals surface area contributed by atoms with Gasteiger partial charge in [-0.05, 0) is 49.2 Å². The Bertz CT molecular complexity index is 1050. The van der Waals surface area contributed by atoms with Gasteiger partial charge in [-0.1, -0.05) is 18.2 Å². The Morgan fingerprint density at radius 3 is 2.31 bits per heavy atom. The van der Waals surface area contributed by atoms with E-state index in [-0.39, 0.29) is 17.5 Å². The highest BCUT2D eigenvalue weighted by atomic mass is 16.5. The van der Waals surface area contributed by atoms with Gasteiger partial charge in [0.05, 0.1) is 12.8 Å². The molecule has 0 atom stereocenters. The number of piperidine rings is 1. The fraction of sp³-hybridized carbons (Fsp3) is 0.318. The van der Waals surface area contributed by atoms with Crippen molar-refractivity contribution >= 4 is 5.91 Å². The number of hydrogen-bond donors (Lipinski definition) is 0. The maximum absolute atomic E-state index is 12.8. The van der Waals surface area contributed by atoms with E-state index in [0.717, 1.165) is 30.1 Å². The first-order chi connectivity index (χ1) is 14.1. The number of benzene rings is 2. The second-order valence-corrected chi connectivity index (χ2v) is 7.23. The van der Waals surface area contributed by atoms with Gasteiger partial charge in [0.2, 0.25) is 0 Å². The third-order valence-corrected chi connectivity index (χ3v) is 5.45. The van der Waals surface area contributed by atoms with Crippen molar-refractivity contribution in [2.24, 2.45) is 7.05 Å². The molecule has 1 fully saturated rings. The van der Waals surface area contributed by atoms with Crippen LogP contribution in [-0.4, -0.2) is 45.4 Å². The summed E-state index contributed by atoms with van der Waals surface area (Å²) in [5.41, 5.74) is 1.32. The lowest BCUT2D eigenvalue weighted by Crippen LogP contribution is -2.38. The van der Waals surface area contributed by atoms with Crippen molar-refractivity contribution in [2.45, 2.75) is 18.8 Å². The fourth-order valence-corrected chi connectivity index (χ4v) is 3.82. The molecule has 0 radical (unpaired) electrons. The number of aryl methyl sites for hydroxylation is 1. The molecule has 4 rings (SSSR count). The molecule has 0 bridgehead atoms. The minimum absolute atomic E-state index is 0.0209. The minimum atomic E-state index is -0.150. The molecule has 0 spiro atoms. The van der Waals surface area contributed by atoms with E-state index in [1.165, 1.54) is 4.68 Å². The standard InChI is InChI=1S/C22H24N4O3/c1-24-22(28)26(18-6-4-3-5-7-18)20(23-24)16-12-14-25(15-13-16)21(27)17-8-10-19(29-2)11-9-17/h3-11,16H,12-15H2,1-2H3. The topological polar surface area (TPSA) is 69.4 Å². The predicted octanol–water partition coefficient (Wildman–Crippen LogP) is 2.60. The van der Waals surface area contributed by atoms with Crippen LogP contribution in [0.1, 0.15) is 34.9 Å². The van der Waals surface area contributed by atoms with Crippen molar-refractivity contribution < 1.29 is 9.53 Å². The second kappa shape index (κ2) is 7.95. The van der Waals surface area contributed by atoms with Gasteiger partial charge in [-0.3, -0.25) is 4.79 Å². The highest BCUT2D eigenvalue weighted by molar-refractivity contribution is 5.94. The van der Waals surface area contributed by atoms with Crippen molar-refractivity contribution in [3.05, 3.63) is 76.5 Å². The first kappa shape index (κ1) is 19.0. The van der Waals surface area contributed by atoms with Gasteiger partial charge < -0.3 is 9.64 Å². The molecule has 2 aromatic carbocycles. The summed E-state index contributed by atoms with van der Waals surface area (Å²) in [5, 5.41) is 4.51. The largest absolute Gasteiger partial charge is 0.497 e. The van der Waals surface area contributed by atoms with Crippen molar-refractivity contribution in [2.75, 3.05) is 20.2 Å². The third kappa shape index (κ3) is 3.68. The van der Waals surface area contributed by atoms with E-state index >= 15 is 0 Å². The van der Waals surface area contributed by atoms with E-state index in [0.29, 0.717) is 18.7 Å². The van der Waals surface area contributed by atoms with E-state index in [1.54, 1.807) is 43.0 Å². The summed E-state index contributed by atoms with van der Waals surface area (Å²) >= 11 is 0. The number of para-hydroxylation sites is 1. The maximum atomic E-state index is 12.8. The summed E-state index contributed by atoms with van der Waals surface area (Å²) in [4.78, 5) is 27.3. The molecule has 7 nitrogen and oxygen atoms in total. The van der Waals surface area contributed by atoms with E-state index in [1.807, 2.05) is 35.2 Å². The fourth-order valence-electron chi connectivity index (χ4n) is 3.82. The lowest BCUT2D eigenvalue weighted by Gasteiger charge is -2.31. The second-order valence-electron chi connectivity index (χ2n) is 7.23. The molecule has 1 aromatic heterocycles. The third-order valence-electron chi connectivity index (χ3n) is 5.45. The molecule has 0 aliphatic carbocycles. The van der Waals surface area contributed by atoms with Crippen LogP contribution in [0, 0.1) is 0 Å². The Labute approximate surface area is 169 Å². The number of carbonyl (C=O) groups excluding carboxylic acids is 1. The summed E-state index contributed by atoms with van der Waals surface area (Å²) in [7, 11) is 3.28. The van der Waals surface area contributed by atoms with E-state index in [2.05, 4.69) is 5.10 Å². The Kier molecular flexibility index (Phi) is 5.20. The summed E-state index contributed by atoms with van der Waals surface area (Å²) in [5.74, 6) is 1.64. The van der Waals surface area contributed by atoms with Crippen LogP contribution < -0.4 is 10.4 Å². The van der Waals surface area contributed by atoms with Crippen LogP contribution in [0.5, 0.6) is 5.75 Å². The van der Waals surface area contributed by atoms with E-state index in [9.17, 15) is 9.59 Å². The Morgan fingerprint density at radius 2 is 1.69 bits per heavy atom. The number of likely N-dealkylation sites (tertiary alicyclic amines) is 1. The lowest BCUT2D eigenvalue weighted by atomic mass is 9.95. The SMILES string of the molecule is COc1ccc(C(=O)N2CCC(c3nn(C)c(=O)n3-c3ccccc3)CC2)cc1. The zero-order valence-electron chi connectivity index (χ0n) is 16.6. The van der Waals surface area contributed by atoms with Gasteiger partial charge in [-0.25, -0.2) is 14.0 Å². The molecule has 1 aliphatic heterocycles. The van der Waals surface area contributed by atoms with Crippen LogP contribution in [0.15, 0.2) is 59.4 Å². The van der Waals surface area contributed by atoms with Gasteiger partial charge in [0, 0.05) is 31.6 Å². The highest BCUT2D eigenvalue weighted by Gasteiger charge is 2.29. The van der Waals surface area contributed by atoms with Crippen LogP contribution in [0.3, 0.4) is 0 Å². The van der Waals surface area contributed by atoms with Crippen molar-refractivity contribution in [3.8, 4) is 11.4 Å². The van der Waals surface area contributed by atoms with E-state index in [4.69, 9.17) is 4.74 Å². The first-order valence-electron chi connectivity index (χ1n) is 9.73. The molecule has 7 heteroatoms. The molecule has 1 aliphatic rings. The molecule has 0 saturated carbocycles. The quantitative estimate of drug-likeness (QED) is 0.684. The predicted molar refractivity (Wildman–Crippen MR) is 110 cm³/mol. The average molecular weight is 392 g/mol. The number of rotatable bonds is 4. The Hall–Kier alpha value is -3.35. The monoisotopic (exact) mass is 392 g/mol. The van der Waals surface area contributed by atoms with Gasteiger partial charge in [-0.15, -0.1) is 0 Å². The molecule has 29 heavy (non-hydrogen) atoms. The summed E-state index contributed by atoms with van der Waals surface area (Å²) < 4.78 is 8.23. The maximum Gasteiger partial charge on any atom is 0.350 e. The number of hydrogen-bond acceptors (Lipinski definition) is 4.